The van der Waals surface area contributed by atoms with E-state index >= 15 is 0 Å². The average Bonchev–Trinajstić information content (AvgIpc) is 2.73. The number of hydrogen-bond acceptors (Lipinski definition) is 4. The van der Waals surface area contributed by atoms with Crippen molar-refractivity contribution in [1.29, 1.82) is 0 Å². The van der Waals surface area contributed by atoms with Crippen molar-refractivity contribution < 1.29 is 19.1 Å². The summed E-state index contributed by atoms with van der Waals surface area (Å²) in [5.74, 6) is 3.15. The van der Waals surface area contributed by atoms with Crippen LogP contribution in [0.4, 0.5) is 0 Å². The van der Waals surface area contributed by atoms with Gasteiger partial charge in [-0.1, -0.05) is 54.4 Å². The zero-order valence-electron chi connectivity index (χ0n) is 21.5. The number of hydrogen-bond donors (Lipinski definition) is 0. The van der Waals surface area contributed by atoms with Gasteiger partial charge >= 0.3 is 11.9 Å². The molecule has 3 fully saturated rings. The number of carbonyl (C=O) groups is 2. The van der Waals surface area contributed by atoms with Crippen molar-refractivity contribution in [2.75, 3.05) is 0 Å². The molecule has 0 aromatic carbocycles. The topological polar surface area (TPSA) is 52.6 Å². The summed E-state index contributed by atoms with van der Waals surface area (Å²) in [5.41, 5.74) is 0. The van der Waals surface area contributed by atoms with Crippen molar-refractivity contribution in [3.05, 3.63) is 0 Å². The molecule has 3 rings (SSSR count). The maximum Gasteiger partial charge on any atom is 0.309 e. The quantitative estimate of drug-likeness (QED) is 0.419. The molecule has 3 saturated carbocycles. The molecule has 4 heteroatoms. The molecule has 0 radical (unpaired) electrons. The molecule has 0 aromatic rings. The zero-order chi connectivity index (χ0) is 23.4. The van der Waals surface area contributed by atoms with Crippen LogP contribution in [0.1, 0.15) is 106 Å². The first-order valence-corrected chi connectivity index (χ1v) is 13.6. The Kier molecular flexibility index (Phi) is 9.09. The fourth-order valence-corrected chi connectivity index (χ4v) is 6.56. The lowest BCUT2D eigenvalue weighted by atomic mass is 9.75. The van der Waals surface area contributed by atoms with E-state index < -0.39 is 0 Å². The van der Waals surface area contributed by atoms with Crippen molar-refractivity contribution in [2.24, 2.45) is 47.3 Å². The van der Waals surface area contributed by atoms with E-state index in [1.165, 1.54) is 12.8 Å². The largest absolute Gasteiger partial charge is 0.462 e. The van der Waals surface area contributed by atoms with Crippen LogP contribution in [0, 0.1) is 47.3 Å². The van der Waals surface area contributed by atoms with Crippen LogP contribution in [0.15, 0.2) is 0 Å². The maximum atomic E-state index is 13.0. The molecule has 0 saturated heterocycles. The van der Waals surface area contributed by atoms with Gasteiger partial charge in [0.1, 0.15) is 12.2 Å². The summed E-state index contributed by atoms with van der Waals surface area (Å²) >= 11 is 0. The van der Waals surface area contributed by atoms with Crippen molar-refractivity contribution in [3.8, 4) is 0 Å². The third-order valence-corrected chi connectivity index (χ3v) is 8.85. The molecule has 32 heavy (non-hydrogen) atoms. The number of ether oxygens (including phenoxy) is 2. The minimum absolute atomic E-state index is 0.0254. The normalized spacial score (nSPS) is 38.5. The highest BCUT2D eigenvalue weighted by molar-refractivity contribution is 5.75. The molecule has 4 nitrogen and oxygen atoms in total. The second kappa shape index (κ2) is 11.4. The smallest absolute Gasteiger partial charge is 0.309 e. The Hall–Kier alpha value is -1.06. The fraction of sp³-hybridized carbons (Fsp3) is 0.929. The minimum atomic E-state index is -0.0535. The van der Waals surface area contributed by atoms with Gasteiger partial charge in [0.2, 0.25) is 0 Å². The number of rotatable bonds is 6. The molecule has 0 heterocycles. The van der Waals surface area contributed by atoms with Crippen LogP contribution in [0.25, 0.3) is 0 Å². The summed E-state index contributed by atoms with van der Waals surface area (Å²) in [6, 6.07) is 0. The summed E-state index contributed by atoms with van der Waals surface area (Å²) in [7, 11) is 0. The van der Waals surface area contributed by atoms with Crippen LogP contribution in [-0.4, -0.2) is 24.1 Å². The van der Waals surface area contributed by atoms with Gasteiger partial charge in [0.15, 0.2) is 0 Å². The Bertz CT molecular complexity index is 565. The fourth-order valence-electron chi connectivity index (χ4n) is 6.56. The molecule has 0 amide bonds. The molecule has 0 aromatic heterocycles. The summed E-state index contributed by atoms with van der Waals surface area (Å²) in [4.78, 5) is 25.9. The van der Waals surface area contributed by atoms with Gasteiger partial charge in [-0.25, -0.2) is 0 Å². The van der Waals surface area contributed by atoms with Crippen LogP contribution < -0.4 is 0 Å². The molecule has 0 bridgehead atoms. The Morgan fingerprint density at radius 2 is 0.938 bits per heavy atom. The number of carbonyl (C=O) groups excluding carboxylic acids is 2. The summed E-state index contributed by atoms with van der Waals surface area (Å²) < 4.78 is 12.2. The zero-order valence-corrected chi connectivity index (χ0v) is 21.5. The van der Waals surface area contributed by atoms with Gasteiger partial charge in [-0.3, -0.25) is 9.59 Å². The van der Waals surface area contributed by atoms with E-state index in [2.05, 4.69) is 41.5 Å². The molecular formula is C28H48O4. The third-order valence-electron chi connectivity index (χ3n) is 8.85. The van der Waals surface area contributed by atoms with Crippen LogP contribution >= 0.6 is 0 Å². The molecule has 3 aliphatic carbocycles. The first kappa shape index (κ1) is 25.6. The van der Waals surface area contributed by atoms with Crippen molar-refractivity contribution >= 4 is 11.9 Å². The lowest BCUT2D eigenvalue weighted by Gasteiger charge is -2.38. The standard InChI is InChI=1S/C28H48O4/c1-17(2)23-13-7-19(5)15-25(23)31-27(29)21-9-11-22(12-10-21)28(30)32-26-16-20(6)8-14-24(26)18(3)4/h17-26H,7-16H2,1-6H3. The van der Waals surface area contributed by atoms with Gasteiger partial charge < -0.3 is 9.47 Å². The van der Waals surface area contributed by atoms with E-state index in [0.717, 1.165) is 51.4 Å². The van der Waals surface area contributed by atoms with Crippen LogP contribution in [0.2, 0.25) is 0 Å². The summed E-state index contributed by atoms with van der Waals surface area (Å²) in [5, 5.41) is 0. The van der Waals surface area contributed by atoms with E-state index in [4.69, 9.17) is 9.47 Å². The van der Waals surface area contributed by atoms with E-state index in [1.54, 1.807) is 0 Å². The van der Waals surface area contributed by atoms with Gasteiger partial charge in [0.25, 0.3) is 0 Å². The van der Waals surface area contributed by atoms with Crippen LogP contribution in [0.3, 0.4) is 0 Å². The molecule has 0 N–H and O–H groups in total. The van der Waals surface area contributed by atoms with Gasteiger partial charge in [-0.05, 0) is 86.9 Å². The van der Waals surface area contributed by atoms with Crippen LogP contribution in [-0.2, 0) is 19.1 Å². The van der Waals surface area contributed by atoms with Gasteiger partial charge in [-0.2, -0.15) is 0 Å². The molecule has 0 aliphatic heterocycles. The maximum absolute atomic E-state index is 13.0. The van der Waals surface area contributed by atoms with Crippen molar-refractivity contribution in [3.63, 3.8) is 0 Å². The third kappa shape index (κ3) is 6.50. The van der Waals surface area contributed by atoms with Gasteiger partial charge in [-0.15, -0.1) is 0 Å². The molecule has 184 valence electrons. The van der Waals surface area contributed by atoms with Crippen molar-refractivity contribution in [1.82, 2.24) is 0 Å². The summed E-state index contributed by atoms with van der Waals surface area (Å²) in [6.07, 6.45) is 9.92. The Morgan fingerprint density at radius 3 is 1.25 bits per heavy atom. The summed E-state index contributed by atoms with van der Waals surface area (Å²) in [6.45, 7) is 13.5. The van der Waals surface area contributed by atoms with Crippen LogP contribution in [0.5, 0.6) is 0 Å². The predicted molar refractivity (Wildman–Crippen MR) is 128 cm³/mol. The Morgan fingerprint density at radius 1 is 0.594 bits per heavy atom. The van der Waals surface area contributed by atoms with Crippen molar-refractivity contribution in [2.45, 2.75) is 118 Å². The molecular weight excluding hydrogens is 400 g/mol. The highest BCUT2D eigenvalue weighted by Crippen LogP contribution is 2.39. The first-order chi connectivity index (χ1) is 15.2. The first-order valence-electron chi connectivity index (χ1n) is 13.6. The lowest BCUT2D eigenvalue weighted by molar-refractivity contribution is -0.167. The second-order valence-electron chi connectivity index (χ2n) is 12.2. The molecule has 0 spiro atoms. The SMILES string of the molecule is CC1CCC(C(C)C)C(OC(=O)C2CCC(C(=O)OC3CC(C)CCC3C(C)C)CC2)C1. The van der Waals surface area contributed by atoms with E-state index in [9.17, 15) is 9.59 Å². The van der Waals surface area contributed by atoms with E-state index in [-0.39, 0.29) is 36.0 Å². The molecule has 6 unspecified atom stereocenters. The highest BCUT2D eigenvalue weighted by atomic mass is 16.5. The molecule has 3 aliphatic rings. The van der Waals surface area contributed by atoms with Gasteiger partial charge in [0.05, 0.1) is 11.8 Å². The average molecular weight is 449 g/mol. The number of esters is 2. The monoisotopic (exact) mass is 448 g/mol. The highest BCUT2D eigenvalue weighted by Gasteiger charge is 2.39. The minimum Gasteiger partial charge on any atom is -0.462 e. The molecule has 6 atom stereocenters. The van der Waals surface area contributed by atoms with E-state index in [0.29, 0.717) is 35.5 Å². The Labute approximate surface area is 196 Å². The second-order valence-corrected chi connectivity index (χ2v) is 12.2. The van der Waals surface area contributed by atoms with E-state index in [1.807, 2.05) is 0 Å². The Balaban J connectivity index is 1.48. The lowest BCUT2D eigenvalue weighted by Crippen LogP contribution is -2.39. The predicted octanol–water partition coefficient (Wildman–Crippen LogP) is 6.80. The van der Waals surface area contributed by atoms with Gasteiger partial charge in [0, 0.05) is 0 Å².